The zero-order chi connectivity index (χ0) is 24.2. The van der Waals surface area contributed by atoms with E-state index in [0.717, 1.165) is 35.1 Å². The van der Waals surface area contributed by atoms with Gasteiger partial charge in [0.25, 0.3) is 0 Å². The number of amides is 1. The maximum Gasteiger partial charge on any atom is 0.246 e. The Morgan fingerprint density at radius 3 is 2.47 bits per heavy atom. The highest BCUT2D eigenvalue weighted by atomic mass is 16.5. The zero-order valence-corrected chi connectivity index (χ0v) is 20.3. The van der Waals surface area contributed by atoms with E-state index >= 15 is 0 Å². The van der Waals surface area contributed by atoms with E-state index in [1.807, 2.05) is 63.9 Å². The number of nitrogens with zero attached hydrogens (tertiary/aromatic N) is 4. The first kappa shape index (κ1) is 23.5. The molecule has 1 aliphatic heterocycles. The lowest BCUT2D eigenvalue weighted by Crippen LogP contribution is -2.45. The summed E-state index contributed by atoms with van der Waals surface area (Å²) in [5.41, 5.74) is 3.65. The molecule has 1 aromatic carbocycles. The Kier molecular flexibility index (Phi) is 6.95. The number of fused-ring (bicyclic) bond motifs is 1. The molecule has 1 N–H and O–H groups in total. The number of carbonyl (C=O) groups excluding carboxylic acids is 1. The molecule has 0 bridgehead atoms. The first-order valence-electron chi connectivity index (χ1n) is 11.5. The number of aromatic nitrogens is 3. The van der Waals surface area contributed by atoms with Gasteiger partial charge in [0.1, 0.15) is 29.9 Å². The van der Waals surface area contributed by atoms with Gasteiger partial charge in [-0.1, -0.05) is 12.1 Å². The number of anilines is 2. The fraction of sp³-hybridized carbons (Fsp3) is 0.385. The number of hydrogen-bond donors (Lipinski definition) is 1. The highest BCUT2D eigenvalue weighted by Gasteiger charge is 2.30. The van der Waals surface area contributed by atoms with Crippen LogP contribution in [-0.4, -0.2) is 40.1 Å². The van der Waals surface area contributed by atoms with Crippen molar-refractivity contribution in [3.8, 4) is 11.6 Å². The van der Waals surface area contributed by atoms with Crippen molar-refractivity contribution in [3.05, 3.63) is 65.2 Å². The summed E-state index contributed by atoms with van der Waals surface area (Å²) in [5.74, 6) is 2.93. The summed E-state index contributed by atoms with van der Waals surface area (Å²) in [4.78, 5) is 27.6. The van der Waals surface area contributed by atoms with Gasteiger partial charge in [0.2, 0.25) is 11.8 Å². The van der Waals surface area contributed by atoms with Crippen LogP contribution in [0.5, 0.6) is 11.6 Å². The minimum absolute atomic E-state index is 0.0369. The molecule has 0 aliphatic carbocycles. The molecule has 0 fully saturated rings. The SMILES string of the molecule is Cc1nc(CCc2ccc(OCc3ccc(OC(C)C)nc3)cc2)nc2c1NC(=O)[C@H](C)N2C. The van der Waals surface area contributed by atoms with Gasteiger partial charge in [-0.15, -0.1) is 0 Å². The van der Waals surface area contributed by atoms with Crippen LogP contribution in [-0.2, 0) is 24.2 Å². The molecule has 2 aromatic heterocycles. The lowest BCUT2D eigenvalue weighted by Gasteiger charge is -2.32. The predicted molar refractivity (Wildman–Crippen MR) is 131 cm³/mol. The van der Waals surface area contributed by atoms with E-state index in [4.69, 9.17) is 14.5 Å². The summed E-state index contributed by atoms with van der Waals surface area (Å²) in [6.07, 6.45) is 3.39. The lowest BCUT2D eigenvalue weighted by atomic mass is 10.1. The molecule has 8 nitrogen and oxygen atoms in total. The molecule has 0 saturated carbocycles. The van der Waals surface area contributed by atoms with E-state index in [1.165, 1.54) is 5.56 Å². The van der Waals surface area contributed by atoms with Gasteiger partial charge in [-0.3, -0.25) is 4.79 Å². The van der Waals surface area contributed by atoms with Gasteiger partial charge in [-0.25, -0.2) is 15.0 Å². The molecular weight excluding hydrogens is 430 g/mol. The van der Waals surface area contributed by atoms with Crippen molar-refractivity contribution in [2.45, 2.75) is 59.3 Å². The van der Waals surface area contributed by atoms with Crippen LogP contribution in [0.15, 0.2) is 42.6 Å². The average Bonchev–Trinajstić information content (AvgIpc) is 2.82. The number of carbonyl (C=O) groups is 1. The van der Waals surface area contributed by atoms with Crippen molar-refractivity contribution < 1.29 is 14.3 Å². The summed E-state index contributed by atoms with van der Waals surface area (Å²) >= 11 is 0. The summed E-state index contributed by atoms with van der Waals surface area (Å²) in [6.45, 7) is 8.16. The number of benzene rings is 1. The smallest absolute Gasteiger partial charge is 0.246 e. The van der Waals surface area contributed by atoms with E-state index < -0.39 is 0 Å². The second kappa shape index (κ2) is 10.1. The molecule has 1 aliphatic rings. The number of hydrogen-bond acceptors (Lipinski definition) is 7. The summed E-state index contributed by atoms with van der Waals surface area (Å²) in [6, 6.07) is 11.6. The van der Waals surface area contributed by atoms with Crippen molar-refractivity contribution in [2.24, 2.45) is 0 Å². The highest BCUT2D eigenvalue weighted by molar-refractivity contribution is 6.02. The van der Waals surface area contributed by atoms with Gasteiger partial charge in [0.05, 0.1) is 11.8 Å². The number of aryl methyl sites for hydroxylation is 3. The fourth-order valence-electron chi connectivity index (χ4n) is 3.70. The first-order valence-corrected chi connectivity index (χ1v) is 11.5. The maximum absolute atomic E-state index is 12.1. The second-order valence-electron chi connectivity index (χ2n) is 8.80. The minimum Gasteiger partial charge on any atom is -0.489 e. The van der Waals surface area contributed by atoms with Gasteiger partial charge >= 0.3 is 0 Å². The monoisotopic (exact) mass is 461 g/mol. The third kappa shape index (κ3) is 5.44. The molecule has 0 saturated heterocycles. The molecule has 3 aromatic rings. The molecule has 178 valence electrons. The predicted octanol–water partition coefficient (Wildman–Crippen LogP) is 4.11. The topological polar surface area (TPSA) is 89.5 Å². The Bertz CT molecular complexity index is 1150. The van der Waals surface area contributed by atoms with Crippen LogP contribution >= 0.6 is 0 Å². The van der Waals surface area contributed by atoms with E-state index in [-0.39, 0.29) is 18.1 Å². The molecule has 1 amide bonds. The van der Waals surface area contributed by atoms with Crippen molar-refractivity contribution in [1.29, 1.82) is 0 Å². The van der Waals surface area contributed by atoms with Crippen molar-refractivity contribution in [1.82, 2.24) is 15.0 Å². The fourth-order valence-corrected chi connectivity index (χ4v) is 3.70. The number of likely N-dealkylation sites (N-methyl/N-ethyl adjacent to an activating group) is 1. The van der Waals surface area contributed by atoms with Crippen LogP contribution in [0.25, 0.3) is 0 Å². The standard InChI is InChI=1S/C26H31N5O3/c1-16(2)34-23-13-9-20(14-27-23)15-33-21-10-6-19(7-11-21)8-12-22-28-17(3)24-25(29-22)31(5)18(4)26(32)30-24/h6-7,9-11,13-14,16,18H,8,12,15H2,1-5H3,(H,30,32)/t18-/m0/s1. The summed E-state index contributed by atoms with van der Waals surface area (Å²) in [7, 11) is 1.89. The van der Waals surface area contributed by atoms with Crippen molar-refractivity contribution >= 4 is 17.4 Å². The van der Waals surface area contributed by atoms with E-state index in [1.54, 1.807) is 6.20 Å². The van der Waals surface area contributed by atoms with E-state index in [9.17, 15) is 4.79 Å². The molecule has 3 heterocycles. The number of ether oxygens (including phenoxy) is 2. The molecule has 0 radical (unpaired) electrons. The summed E-state index contributed by atoms with van der Waals surface area (Å²) in [5, 5.41) is 2.92. The molecule has 0 spiro atoms. The normalized spacial score (nSPS) is 15.2. The van der Waals surface area contributed by atoms with E-state index in [2.05, 4.69) is 27.4 Å². The molecule has 34 heavy (non-hydrogen) atoms. The van der Waals surface area contributed by atoms with Gasteiger partial charge < -0.3 is 19.7 Å². The third-order valence-corrected chi connectivity index (χ3v) is 5.78. The first-order chi connectivity index (χ1) is 16.3. The van der Waals surface area contributed by atoms with Crippen LogP contribution in [0, 0.1) is 6.92 Å². The number of pyridine rings is 1. The molecule has 4 rings (SSSR count). The van der Waals surface area contributed by atoms with Crippen LogP contribution in [0.2, 0.25) is 0 Å². The van der Waals surface area contributed by atoms with Gasteiger partial charge in [-0.05, 0) is 57.9 Å². The van der Waals surface area contributed by atoms with Crippen LogP contribution in [0.3, 0.4) is 0 Å². The largest absolute Gasteiger partial charge is 0.489 e. The molecular formula is C26H31N5O3. The van der Waals surface area contributed by atoms with Crippen LogP contribution in [0.4, 0.5) is 11.5 Å². The maximum atomic E-state index is 12.1. The summed E-state index contributed by atoms with van der Waals surface area (Å²) < 4.78 is 11.5. The van der Waals surface area contributed by atoms with Gasteiger partial charge in [-0.2, -0.15) is 0 Å². The third-order valence-electron chi connectivity index (χ3n) is 5.78. The van der Waals surface area contributed by atoms with Crippen LogP contribution in [0.1, 0.15) is 43.4 Å². The average molecular weight is 462 g/mol. The van der Waals surface area contributed by atoms with Crippen molar-refractivity contribution in [2.75, 3.05) is 17.3 Å². The Labute approximate surface area is 200 Å². The second-order valence-corrected chi connectivity index (χ2v) is 8.80. The number of rotatable bonds is 8. The quantitative estimate of drug-likeness (QED) is 0.540. The Hall–Kier alpha value is -3.68. The van der Waals surface area contributed by atoms with Gasteiger partial charge in [0, 0.05) is 31.3 Å². The Morgan fingerprint density at radius 2 is 1.79 bits per heavy atom. The molecule has 1 atom stereocenters. The van der Waals surface area contributed by atoms with Crippen LogP contribution < -0.4 is 19.7 Å². The number of nitrogens with one attached hydrogen (secondary N) is 1. The highest BCUT2D eigenvalue weighted by Crippen LogP contribution is 2.31. The Balaban J connectivity index is 1.33. The molecule has 0 unspecified atom stereocenters. The minimum atomic E-state index is -0.260. The Morgan fingerprint density at radius 1 is 1.06 bits per heavy atom. The lowest BCUT2D eigenvalue weighted by molar-refractivity contribution is -0.117. The zero-order valence-electron chi connectivity index (χ0n) is 20.3. The van der Waals surface area contributed by atoms with Crippen molar-refractivity contribution in [3.63, 3.8) is 0 Å². The molecule has 8 heteroatoms. The van der Waals surface area contributed by atoms with E-state index in [0.29, 0.717) is 24.6 Å². The van der Waals surface area contributed by atoms with Gasteiger partial charge in [0.15, 0.2) is 5.82 Å².